The average Bonchev–Trinajstić information content (AvgIpc) is 2.84. The third-order valence-corrected chi connectivity index (χ3v) is 5.61. The normalized spacial score (nSPS) is 12.0. The molecule has 0 amide bonds. The van der Waals surface area contributed by atoms with E-state index in [0.29, 0.717) is 11.3 Å². The van der Waals surface area contributed by atoms with Crippen molar-refractivity contribution in [3.63, 3.8) is 0 Å². The van der Waals surface area contributed by atoms with Crippen LogP contribution in [0.15, 0.2) is 28.5 Å². The Bertz CT molecular complexity index is 744. The minimum Gasteiger partial charge on any atom is -0.326 e. The smallest absolute Gasteiger partial charge is 0.246 e. The van der Waals surface area contributed by atoms with Crippen LogP contribution in [-0.2, 0) is 23.1 Å². The molecule has 0 atom stereocenters. The van der Waals surface area contributed by atoms with Crippen LogP contribution in [0, 0.1) is 12.7 Å². The Morgan fingerprint density at radius 3 is 2.71 bits per heavy atom. The summed E-state index contributed by atoms with van der Waals surface area (Å²) in [6.07, 6.45) is 0. The number of aromatic nitrogens is 1. The zero-order valence-corrected chi connectivity index (χ0v) is 13.3. The van der Waals surface area contributed by atoms with Crippen LogP contribution in [-0.4, -0.2) is 24.8 Å². The Morgan fingerprint density at radius 1 is 1.43 bits per heavy atom. The molecule has 8 heteroatoms. The lowest BCUT2D eigenvalue weighted by Crippen LogP contribution is -2.27. The number of aryl methyl sites for hydroxylation is 1. The Morgan fingerprint density at radius 2 is 2.14 bits per heavy atom. The van der Waals surface area contributed by atoms with Gasteiger partial charge in [0.15, 0.2) is 0 Å². The van der Waals surface area contributed by atoms with Crippen molar-refractivity contribution in [2.75, 3.05) is 7.05 Å². The monoisotopic (exact) mass is 329 g/mol. The van der Waals surface area contributed by atoms with E-state index in [1.165, 1.54) is 30.5 Å². The van der Waals surface area contributed by atoms with E-state index < -0.39 is 15.8 Å². The summed E-state index contributed by atoms with van der Waals surface area (Å²) in [5.41, 5.74) is 6.68. The standard InChI is InChI=1S/C13H16FN3O2S2/c1-9-16-11(8-20-9)7-17(2)21(18,19)13-5-10(6-15)3-4-12(13)14/h3-5,8H,6-7,15H2,1-2H3. The van der Waals surface area contributed by atoms with E-state index in [1.807, 2.05) is 6.92 Å². The van der Waals surface area contributed by atoms with Gasteiger partial charge in [-0.3, -0.25) is 0 Å². The van der Waals surface area contributed by atoms with E-state index in [0.717, 1.165) is 15.4 Å². The Kier molecular flexibility index (Phi) is 4.72. The van der Waals surface area contributed by atoms with Gasteiger partial charge < -0.3 is 5.73 Å². The van der Waals surface area contributed by atoms with Gasteiger partial charge in [-0.2, -0.15) is 4.31 Å². The predicted octanol–water partition coefficient (Wildman–Crippen LogP) is 1.87. The van der Waals surface area contributed by atoms with E-state index in [-0.39, 0.29) is 18.0 Å². The molecule has 0 radical (unpaired) electrons. The Hall–Kier alpha value is -1.35. The highest BCUT2D eigenvalue weighted by Crippen LogP contribution is 2.21. The summed E-state index contributed by atoms with van der Waals surface area (Å²) in [6, 6.07) is 3.86. The molecule has 2 aromatic rings. The number of halogens is 1. The molecule has 114 valence electrons. The van der Waals surface area contributed by atoms with E-state index in [2.05, 4.69) is 4.98 Å². The van der Waals surface area contributed by atoms with Gasteiger partial charge in [-0.15, -0.1) is 11.3 Å². The second-order valence-corrected chi connectivity index (χ2v) is 7.66. The molecule has 0 aliphatic rings. The van der Waals surface area contributed by atoms with Gasteiger partial charge >= 0.3 is 0 Å². The van der Waals surface area contributed by atoms with Crippen molar-refractivity contribution in [2.24, 2.45) is 5.73 Å². The fourth-order valence-electron chi connectivity index (χ4n) is 1.83. The maximum absolute atomic E-state index is 13.8. The Labute approximate surface area is 127 Å². The lowest BCUT2D eigenvalue weighted by Gasteiger charge is -2.17. The molecule has 2 rings (SSSR count). The highest BCUT2D eigenvalue weighted by Gasteiger charge is 2.25. The van der Waals surface area contributed by atoms with Crippen molar-refractivity contribution in [2.45, 2.75) is 24.9 Å². The molecule has 0 aliphatic heterocycles. The largest absolute Gasteiger partial charge is 0.326 e. The lowest BCUT2D eigenvalue weighted by atomic mass is 10.2. The molecule has 1 aromatic carbocycles. The molecule has 0 aliphatic carbocycles. The molecule has 0 fully saturated rings. The molecular weight excluding hydrogens is 313 g/mol. The summed E-state index contributed by atoms with van der Waals surface area (Å²) in [5, 5.41) is 2.64. The minimum atomic E-state index is -3.92. The van der Waals surface area contributed by atoms with E-state index in [1.54, 1.807) is 5.38 Å². The topological polar surface area (TPSA) is 76.3 Å². The number of benzene rings is 1. The van der Waals surface area contributed by atoms with E-state index in [4.69, 9.17) is 5.73 Å². The number of nitrogens with two attached hydrogens (primary N) is 1. The zero-order chi connectivity index (χ0) is 15.6. The summed E-state index contributed by atoms with van der Waals surface area (Å²) in [4.78, 5) is 3.85. The van der Waals surface area contributed by atoms with Crippen LogP contribution >= 0.6 is 11.3 Å². The van der Waals surface area contributed by atoms with Crippen LogP contribution in [0.4, 0.5) is 4.39 Å². The molecular formula is C13H16FN3O2S2. The maximum atomic E-state index is 13.8. The van der Waals surface area contributed by atoms with Crippen molar-refractivity contribution in [3.8, 4) is 0 Å². The number of hydrogen-bond donors (Lipinski definition) is 1. The van der Waals surface area contributed by atoms with Crippen molar-refractivity contribution in [1.82, 2.24) is 9.29 Å². The van der Waals surface area contributed by atoms with Crippen molar-refractivity contribution in [1.29, 1.82) is 0 Å². The van der Waals surface area contributed by atoms with Crippen LogP contribution in [0.5, 0.6) is 0 Å². The van der Waals surface area contributed by atoms with Gasteiger partial charge in [-0.1, -0.05) is 6.07 Å². The fraction of sp³-hybridized carbons (Fsp3) is 0.308. The number of sulfonamides is 1. The van der Waals surface area contributed by atoms with Gasteiger partial charge in [0.05, 0.1) is 17.2 Å². The number of hydrogen-bond acceptors (Lipinski definition) is 5. The van der Waals surface area contributed by atoms with Crippen molar-refractivity contribution in [3.05, 3.63) is 45.7 Å². The van der Waals surface area contributed by atoms with Crippen molar-refractivity contribution < 1.29 is 12.8 Å². The van der Waals surface area contributed by atoms with E-state index >= 15 is 0 Å². The first-order chi connectivity index (χ1) is 9.84. The maximum Gasteiger partial charge on any atom is 0.246 e. The summed E-state index contributed by atoms with van der Waals surface area (Å²) in [6.45, 7) is 2.09. The van der Waals surface area contributed by atoms with Gasteiger partial charge in [-0.25, -0.2) is 17.8 Å². The number of nitrogens with zero attached hydrogens (tertiary/aromatic N) is 2. The second kappa shape index (κ2) is 6.18. The highest BCUT2D eigenvalue weighted by atomic mass is 32.2. The SMILES string of the molecule is Cc1nc(CN(C)S(=O)(=O)c2cc(CN)ccc2F)cs1. The van der Waals surface area contributed by atoms with Crippen LogP contribution < -0.4 is 5.73 Å². The fourth-order valence-corrected chi connectivity index (χ4v) is 3.69. The van der Waals surface area contributed by atoms with Crippen LogP contribution in [0.3, 0.4) is 0 Å². The lowest BCUT2D eigenvalue weighted by molar-refractivity contribution is 0.456. The zero-order valence-electron chi connectivity index (χ0n) is 11.7. The Balaban J connectivity index is 2.32. The molecule has 1 aromatic heterocycles. The van der Waals surface area contributed by atoms with Gasteiger partial charge in [0.1, 0.15) is 10.7 Å². The first kappa shape index (κ1) is 16.0. The molecule has 0 saturated heterocycles. The second-order valence-electron chi connectivity index (χ2n) is 4.59. The molecule has 0 bridgehead atoms. The third kappa shape index (κ3) is 3.46. The van der Waals surface area contributed by atoms with Gasteiger partial charge in [0.2, 0.25) is 10.0 Å². The third-order valence-electron chi connectivity index (χ3n) is 2.97. The first-order valence-corrected chi connectivity index (χ1v) is 8.52. The summed E-state index contributed by atoms with van der Waals surface area (Å²) < 4.78 is 39.8. The highest BCUT2D eigenvalue weighted by molar-refractivity contribution is 7.89. The van der Waals surface area contributed by atoms with Gasteiger partial charge in [0.25, 0.3) is 0 Å². The molecule has 2 N–H and O–H groups in total. The molecule has 5 nitrogen and oxygen atoms in total. The molecule has 0 saturated carbocycles. The quantitative estimate of drug-likeness (QED) is 0.908. The predicted molar refractivity (Wildman–Crippen MR) is 79.8 cm³/mol. The van der Waals surface area contributed by atoms with Crippen LogP contribution in [0.2, 0.25) is 0 Å². The van der Waals surface area contributed by atoms with Gasteiger partial charge in [0, 0.05) is 19.0 Å². The minimum absolute atomic E-state index is 0.0962. The number of thiazole rings is 1. The van der Waals surface area contributed by atoms with Crippen molar-refractivity contribution >= 4 is 21.4 Å². The molecule has 1 heterocycles. The molecule has 0 spiro atoms. The molecule has 21 heavy (non-hydrogen) atoms. The average molecular weight is 329 g/mol. The van der Waals surface area contributed by atoms with Crippen LogP contribution in [0.25, 0.3) is 0 Å². The van der Waals surface area contributed by atoms with Gasteiger partial charge in [-0.05, 0) is 24.6 Å². The summed E-state index contributed by atoms with van der Waals surface area (Å²) in [7, 11) is -2.52. The first-order valence-electron chi connectivity index (χ1n) is 6.20. The van der Waals surface area contributed by atoms with E-state index in [9.17, 15) is 12.8 Å². The number of rotatable bonds is 5. The summed E-state index contributed by atoms with van der Waals surface area (Å²) in [5.74, 6) is -0.784. The molecule has 0 unspecified atom stereocenters. The summed E-state index contributed by atoms with van der Waals surface area (Å²) >= 11 is 1.44. The van der Waals surface area contributed by atoms with Crippen LogP contribution in [0.1, 0.15) is 16.3 Å².